The number of rotatable bonds is 5. The van der Waals surface area contributed by atoms with E-state index in [2.05, 4.69) is 20.7 Å². The largest absolute Gasteiger partial charge is 0.381 e. The second-order valence-corrected chi connectivity index (χ2v) is 8.05. The Bertz CT molecular complexity index is 565. The number of hydrogen-bond acceptors (Lipinski definition) is 3. The van der Waals surface area contributed by atoms with E-state index in [1.54, 1.807) is 0 Å². The van der Waals surface area contributed by atoms with E-state index < -0.39 is 10.0 Å². The van der Waals surface area contributed by atoms with Gasteiger partial charge in [0.1, 0.15) is 4.90 Å². The summed E-state index contributed by atoms with van der Waals surface area (Å²) < 4.78 is 32.9. The second-order valence-electron chi connectivity index (χ2n) is 4.61. The third-order valence-corrected chi connectivity index (χ3v) is 5.94. The SMILES string of the molecule is O=S(=O)(NCCC1CCOC1)c1c(Cl)cc(Br)cc1Cl. The van der Waals surface area contributed by atoms with Crippen LogP contribution in [0.2, 0.25) is 10.0 Å². The Labute approximate surface area is 137 Å². The molecule has 1 N–H and O–H groups in total. The minimum Gasteiger partial charge on any atom is -0.381 e. The standard InChI is InChI=1S/C12H14BrCl2NO3S/c13-9-5-10(14)12(11(15)6-9)20(17,18)16-3-1-8-2-4-19-7-8/h5-6,8,16H,1-4,7H2. The minimum atomic E-state index is -3.71. The van der Waals surface area contributed by atoms with Crippen LogP contribution in [0.4, 0.5) is 0 Å². The minimum absolute atomic E-state index is 0.0771. The first-order valence-corrected chi connectivity index (χ1v) is 9.15. The molecule has 1 heterocycles. The first-order valence-electron chi connectivity index (χ1n) is 6.12. The molecule has 1 fully saturated rings. The van der Waals surface area contributed by atoms with Crippen LogP contribution in [-0.4, -0.2) is 28.2 Å². The molecule has 0 bridgehead atoms. The molecule has 0 aromatic heterocycles. The van der Waals surface area contributed by atoms with Crippen LogP contribution in [-0.2, 0) is 14.8 Å². The van der Waals surface area contributed by atoms with Gasteiger partial charge in [0.2, 0.25) is 10.0 Å². The zero-order valence-corrected chi connectivity index (χ0v) is 14.4. The van der Waals surface area contributed by atoms with Crippen LogP contribution >= 0.6 is 39.1 Å². The lowest BCUT2D eigenvalue weighted by atomic mass is 10.1. The van der Waals surface area contributed by atoms with Gasteiger partial charge in [-0.05, 0) is 30.9 Å². The van der Waals surface area contributed by atoms with E-state index in [1.807, 2.05) is 0 Å². The van der Waals surface area contributed by atoms with Gasteiger partial charge in [-0.25, -0.2) is 13.1 Å². The molecule has 1 aliphatic rings. The number of sulfonamides is 1. The molecule has 8 heteroatoms. The number of halogens is 3. The van der Waals surface area contributed by atoms with Crippen molar-refractivity contribution in [2.45, 2.75) is 17.7 Å². The fourth-order valence-corrected chi connectivity index (χ4v) is 5.05. The average Bonchev–Trinajstić information content (AvgIpc) is 2.79. The fraction of sp³-hybridized carbons (Fsp3) is 0.500. The van der Waals surface area contributed by atoms with Gasteiger partial charge in [-0.1, -0.05) is 39.1 Å². The highest BCUT2D eigenvalue weighted by Crippen LogP contribution is 2.32. The predicted octanol–water partition coefficient (Wildman–Crippen LogP) is 3.46. The van der Waals surface area contributed by atoms with Crippen LogP contribution in [0.1, 0.15) is 12.8 Å². The Kier molecular flexibility index (Phi) is 5.73. The van der Waals surface area contributed by atoms with Crippen molar-refractivity contribution >= 4 is 49.2 Å². The van der Waals surface area contributed by atoms with Gasteiger partial charge in [0.15, 0.2) is 0 Å². The van der Waals surface area contributed by atoms with Crippen molar-refractivity contribution in [1.29, 1.82) is 0 Å². The van der Waals surface area contributed by atoms with Crippen molar-refractivity contribution < 1.29 is 13.2 Å². The van der Waals surface area contributed by atoms with Gasteiger partial charge in [-0.2, -0.15) is 0 Å². The molecule has 0 spiro atoms. The molecule has 1 aromatic carbocycles. The highest BCUT2D eigenvalue weighted by atomic mass is 79.9. The zero-order valence-electron chi connectivity index (χ0n) is 10.5. The molecule has 1 saturated heterocycles. The van der Waals surface area contributed by atoms with E-state index in [0.29, 0.717) is 23.5 Å². The summed E-state index contributed by atoms with van der Waals surface area (Å²) in [5.74, 6) is 0.411. The number of ether oxygens (including phenoxy) is 1. The summed E-state index contributed by atoms with van der Waals surface area (Å²) in [6.07, 6.45) is 1.71. The molecule has 1 atom stereocenters. The van der Waals surface area contributed by atoms with Crippen LogP contribution in [0.25, 0.3) is 0 Å². The lowest BCUT2D eigenvalue weighted by Gasteiger charge is -2.12. The van der Waals surface area contributed by atoms with Gasteiger partial charge in [-0.3, -0.25) is 0 Å². The molecular weight excluding hydrogens is 389 g/mol. The topological polar surface area (TPSA) is 55.4 Å². The lowest BCUT2D eigenvalue weighted by molar-refractivity contribution is 0.184. The Morgan fingerprint density at radius 1 is 1.35 bits per heavy atom. The highest BCUT2D eigenvalue weighted by molar-refractivity contribution is 9.10. The molecule has 2 rings (SSSR count). The van der Waals surface area contributed by atoms with Gasteiger partial charge in [0, 0.05) is 24.2 Å². The first-order chi connectivity index (χ1) is 9.40. The average molecular weight is 403 g/mol. The predicted molar refractivity (Wildman–Crippen MR) is 82.9 cm³/mol. The summed E-state index contributed by atoms with van der Waals surface area (Å²) in [5, 5.41) is 0.196. The van der Waals surface area contributed by atoms with Gasteiger partial charge in [-0.15, -0.1) is 0 Å². The van der Waals surface area contributed by atoms with E-state index in [9.17, 15) is 8.42 Å². The molecule has 0 radical (unpaired) electrons. The monoisotopic (exact) mass is 401 g/mol. The molecular formula is C12H14BrCl2NO3S. The Morgan fingerprint density at radius 2 is 2.00 bits per heavy atom. The molecule has 1 aromatic rings. The van der Waals surface area contributed by atoms with Crippen molar-refractivity contribution in [3.63, 3.8) is 0 Å². The molecule has 20 heavy (non-hydrogen) atoms. The van der Waals surface area contributed by atoms with Gasteiger partial charge < -0.3 is 4.74 Å². The Hall–Kier alpha value is 0.150. The molecule has 0 aliphatic carbocycles. The molecule has 1 aliphatic heterocycles. The van der Waals surface area contributed by atoms with Crippen LogP contribution in [0.3, 0.4) is 0 Å². The van der Waals surface area contributed by atoms with Crippen molar-refractivity contribution in [3.8, 4) is 0 Å². The Morgan fingerprint density at radius 3 is 2.55 bits per heavy atom. The summed E-state index contributed by atoms with van der Waals surface area (Å²) in [6.45, 7) is 1.79. The summed E-state index contributed by atoms with van der Waals surface area (Å²) in [5.41, 5.74) is 0. The van der Waals surface area contributed by atoms with E-state index >= 15 is 0 Å². The van der Waals surface area contributed by atoms with E-state index in [0.717, 1.165) is 19.4 Å². The molecule has 0 amide bonds. The maximum absolute atomic E-state index is 12.2. The lowest BCUT2D eigenvalue weighted by Crippen LogP contribution is -2.27. The molecule has 1 unspecified atom stereocenters. The van der Waals surface area contributed by atoms with Crippen molar-refractivity contribution in [2.24, 2.45) is 5.92 Å². The Balaban J connectivity index is 2.06. The highest BCUT2D eigenvalue weighted by Gasteiger charge is 2.23. The summed E-state index contributed by atoms with van der Waals surface area (Å²) in [4.78, 5) is -0.0771. The van der Waals surface area contributed by atoms with E-state index in [-0.39, 0.29) is 14.9 Å². The number of benzene rings is 1. The third kappa shape index (κ3) is 4.08. The van der Waals surface area contributed by atoms with Crippen molar-refractivity contribution in [2.75, 3.05) is 19.8 Å². The summed E-state index contributed by atoms with van der Waals surface area (Å²) >= 11 is 15.2. The van der Waals surface area contributed by atoms with Crippen LogP contribution < -0.4 is 4.72 Å². The van der Waals surface area contributed by atoms with Gasteiger partial charge in [0.25, 0.3) is 0 Å². The van der Waals surface area contributed by atoms with Crippen LogP contribution in [0.5, 0.6) is 0 Å². The van der Waals surface area contributed by atoms with E-state index in [1.165, 1.54) is 12.1 Å². The smallest absolute Gasteiger partial charge is 0.243 e. The van der Waals surface area contributed by atoms with Crippen LogP contribution in [0, 0.1) is 5.92 Å². The second kappa shape index (κ2) is 6.94. The maximum atomic E-state index is 12.2. The fourth-order valence-electron chi connectivity index (χ4n) is 2.07. The third-order valence-electron chi connectivity index (χ3n) is 3.10. The first kappa shape index (κ1) is 16.5. The number of hydrogen-bond donors (Lipinski definition) is 1. The molecule has 0 saturated carbocycles. The van der Waals surface area contributed by atoms with E-state index in [4.69, 9.17) is 27.9 Å². The van der Waals surface area contributed by atoms with Gasteiger partial charge >= 0.3 is 0 Å². The summed E-state index contributed by atoms with van der Waals surface area (Å²) in [7, 11) is -3.71. The number of nitrogens with one attached hydrogen (secondary N) is 1. The summed E-state index contributed by atoms with van der Waals surface area (Å²) in [6, 6.07) is 3.01. The van der Waals surface area contributed by atoms with Crippen LogP contribution in [0.15, 0.2) is 21.5 Å². The molecule has 4 nitrogen and oxygen atoms in total. The maximum Gasteiger partial charge on any atom is 0.243 e. The normalized spacial score (nSPS) is 19.4. The van der Waals surface area contributed by atoms with Crippen molar-refractivity contribution in [1.82, 2.24) is 4.72 Å². The quantitative estimate of drug-likeness (QED) is 0.820. The van der Waals surface area contributed by atoms with Gasteiger partial charge in [0.05, 0.1) is 10.0 Å². The zero-order chi connectivity index (χ0) is 14.8. The van der Waals surface area contributed by atoms with Crippen molar-refractivity contribution in [3.05, 3.63) is 26.7 Å². The molecule has 112 valence electrons.